The number of hydrogen-bond donors (Lipinski definition) is 3. The number of rotatable bonds is 1. The summed E-state index contributed by atoms with van der Waals surface area (Å²) in [5.74, 6) is 0. The number of hydrogen-bond acceptors (Lipinski definition) is 3. The van der Waals surface area contributed by atoms with Gasteiger partial charge in [0.2, 0.25) is 0 Å². The Morgan fingerprint density at radius 1 is 1.17 bits per heavy atom. The third-order valence-electron chi connectivity index (χ3n) is 0.966. The van der Waals surface area contributed by atoms with Crippen molar-refractivity contribution < 1.29 is 0 Å². The Morgan fingerprint density at radius 3 is 1.83 bits per heavy atom. The third kappa shape index (κ3) is 7.02. The number of benzene rings is 1. The van der Waals surface area contributed by atoms with Crippen LogP contribution in [0.2, 0.25) is 0 Å². The average Bonchev–Trinajstić information content (AvgIpc) is 2.25. The first kappa shape index (κ1) is 13.5. The molecule has 0 bridgehead atoms. The van der Waals surface area contributed by atoms with E-state index < -0.39 is 0 Å². The van der Waals surface area contributed by atoms with Crippen LogP contribution in [0.15, 0.2) is 30.3 Å². The molecule has 3 heteroatoms. The van der Waals surface area contributed by atoms with Gasteiger partial charge in [-0.05, 0) is 18.5 Å². The van der Waals surface area contributed by atoms with Crippen LogP contribution in [0.4, 0.5) is 0 Å². The van der Waals surface area contributed by atoms with Crippen molar-refractivity contribution >= 4 is 25.6 Å². The molecule has 0 fully saturated rings. The fourth-order valence-corrected chi connectivity index (χ4v) is 0.549. The van der Waals surface area contributed by atoms with Crippen molar-refractivity contribution in [3.8, 4) is 0 Å². The van der Waals surface area contributed by atoms with E-state index in [0.717, 1.165) is 5.56 Å². The minimum atomic E-state index is 0.951. The molecule has 1 rings (SSSR count). The Morgan fingerprint density at radius 2 is 1.58 bits per heavy atom. The van der Waals surface area contributed by atoms with Crippen LogP contribution in [0.5, 0.6) is 0 Å². The van der Waals surface area contributed by atoms with Gasteiger partial charge >= 0.3 is 0 Å². The van der Waals surface area contributed by atoms with Gasteiger partial charge in [-0.3, -0.25) is 0 Å². The molecule has 0 saturated carbocycles. The fraction of sp³-hybridized carbons (Fsp3) is 0.111. The topological polar surface area (TPSA) is 47.7 Å². The van der Waals surface area contributed by atoms with Crippen LogP contribution in [-0.4, -0.2) is 19.2 Å². The Balaban J connectivity index is 0. The monoisotopic (exact) mass is 182 g/mol. The largest absolute Gasteiger partial charge is 0.317 e. The lowest BCUT2D eigenvalue weighted by molar-refractivity contribution is 1.54. The van der Waals surface area contributed by atoms with Crippen molar-refractivity contribution in [2.75, 3.05) is 6.26 Å². The highest BCUT2D eigenvalue weighted by Gasteiger charge is 1.77. The standard InChI is InChI=1S/C7H7N.CH3N.CH4S/c8-6-7-4-2-1-3-5-7;2*1-2/h1-6,8H;2H,1H2;2H,1H3. The van der Waals surface area contributed by atoms with Gasteiger partial charge in [-0.25, -0.2) is 0 Å². The van der Waals surface area contributed by atoms with Crippen LogP contribution in [0.1, 0.15) is 5.56 Å². The molecule has 0 aromatic heterocycles. The van der Waals surface area contributed by atoms with Gasteiger partial charge in [0, 0.05) is 6.21 Å². The zero-order chi connectivity index (χ0) is 9.82. The predicted molar refractivity (Wildman–Crippen MR) is 59.1 cm³/mol. The Kier molecular flexibility index (Phi) is 14.1. The molecule has 1 aromatic rings. The lowest BCUT2D eigenvalue weighted by Gasteiger charge is -1.84. The summed E-state index contributed by atoms with van der Waals surface area (Å²) in [6.45, 7) is 2.50. The van der Waals surface area contributed by atoms with Crippen LogP contribution in [0.3, 0.4) is 0 Å². The van der Waals surface area contributed by atoms with Gasteiger partial charge in [0.1, 0.15) is 0 Å². The molecule has 0 amide bonds. The molecular weight excluding hydrogens is 168 g/mol. The first-order chi connectivity index (χ1) is 5.93. The van der Waals surface area contributed by atoms with Crippen molar-refractivity contribution in [3.05, 3.63) is 35.9 Å². The summed E-state index contributed by atoms with van der Waals surface area (Å²) >= 11 is 3.53. The summed E-state index contributed by atoms with van der Waals surface area (Å²) in [5.41, 5.74) is 0.951. The van der Waals surface area contributed by atoms with E-state index in [4.69, 9.17) is 10.8 Å². The molecule has 2 N–H and O–H groups in total. The van der Waals surface area contributed by atoms with E-state index in [0.29, 0.717) is 0 Å². The lowest BCUT2D eigenvalue weighted by Crippen LogP contribution is -1.73. The highest BCUT2D eigenvalue weighted by Crippen LogP contribution is 1.91. The van der Waals surface area contributed by atoms with Crippen molar-refractivity contribution in [3.63, 3.8) is 0 Å². The van der Waals surface area contributed by atoms with Crippen molar-refractivity contribution in [1.82, 2.24) is 0 Å². The second-order valence-corrected chi connectivity index (χ2v) is 1.56. The van der Waals surface area contributed by atoms with Crippen LogP contribution in [-0.2, 0) is 0 Å². The second-order valence-electron chi connectivity index (χ2n) is 1.56. The molecule has 0 saturated heterocycles. The smallest absolute Gasteiger partial charge is 0.0250 e. The molecule has 0 heterocycles. The Bertz CT molecular complexity index is 187. The zero-order valence-corrected chi connectivity index (χ0v) is 8.01. The molecule has 0 aliphatic rings. The second kappa shape index (κ2) is 12.6. The first-order valence-electron chi connectivity index (χ1n) is 3.29. The van der Waals surface area contributed by atoms with Crippen molar-refractivity contribution in [2.24, 2.45) is 0 Å². The Labute approximate surface area is 79.1 Å². The van der Waals surface area contributed by atoms with Gasteiger partial charge in [0.05, 0.1) is 0 Å². The van der Waals surface area contributed by atoms with Crippen LogP contribution in [0.25, 0.3) is 0 Å². The SMILES string of the molecule is C=N.CS.N=Cc1ccccc1. The summed E-state index contributed by atoms with van der Waals surface area (Å²) in [6, 6.07) is 9.56. The van der Waals surface area contributed by atoms with Crippen LogP contribution < -0.4 is 0 Å². The third-order valence-corrected chi connectivity index (χ3v) is 0.966. The van der Waals surface area contributed by atoms with Gasteiger partial charge in [0.25, 0.3) is 0 Å². The molecule has 2 nitrogen and oxygen atoms in total. The normalized spacial score (nSPS) is 6.50. The van der Waals surface area contributed by atoms with Gasteiger partial charge in [-0.15, -0.1) is 0 Å². The highest BCUT2D eigenvalue weighted by atomic mass is 32.1. The van der Waals surface area contributed by atoms with Gasteiger partial charge in [-0.1, -0.05) is 30.3 Å². The van der Waals surface area contributed by atoms with Crippen molar-refractivity contribution in [2.45, 2.75) is 0 Å². The predicted octanol–water partition coefficient (Wildman–Crippen LogP) is 2.50. The highest BCUT2D eigenvalue weighted by molar-refractivity contribution is 7.79. The minimum Gasteiger partial charge on any atom is -0.317 e. The maximum Gasteiger partial charge on any atom is 0.0250 e. The van der Waals surface area contributed by atoms with Gasteiger partial charge in [-0.2, -0.15) is 12.6 Å². The maximum absolute atomic E-state index is 6.82. The molecule has 0 aliphatic carbocycles. The molecule has 0 spiro atoms. The fourth-order valence-electron chi connectivity index (χ4n) is 0.549. The quantitative estimate of drug-likeness (QED) is 0.441. The number of nitrogens with one attached hydrogen (secondary N) is 2. The molecule has 66 valence electrons. The first-order valence-corrected chi connectivity index (χ1v) is 4.18. The van der Waals surface area contributed by atoms with E-state index in [-0.39, 0.29) is 0 Å². The van der Waals surface area contributed by atoms with Gasteiger partial charge in [0.15, 0.2) is 0 Å². The van der Waals surface area contributed by atoms with Crippen molar-refractivity contribution in [1.29, 1.82) is 10.8 Å². The summed E-state index contributed by atoms with van der Waals surface area (Å²) in [4.78, 5) is 0. The molecule has 12 heavy (non-hydrogen) atoms. The van der Waals surface area contributed by atoms with E-state index in [9.17, 15) is 0 Å². The maximum atomic E-state index is 6.82. The van der Waals surface area contributed by atoms with E-state index in [1.54, 1.807) is 6.26 Å². The van der Waals surface area contributed by atoms with E-state index in [1.807, 2.05) is 30.3 Å². The number of thiol groups is 1. The van der Waals surface area contributed by atoms with Crippen LogP contribution >= 0.6 is 12.6 Å². The summed E-state index contributed by atoms with van der Waals surface area (Å²) in [5, 5.41) is 12.3. The van der Waals surface area contributed by atoms with E-state index in [1.165, 1.54) is 6.21 Å². The summed E-state index contributed by atoms with van der Waals surface area (Å²) < 4.78 is 0. The summed E-state index contributed by atoms with van der Waals surface area (Å²) in [6.07, 6.45) is 3.03. The lowest BCUT2D eigenvalue weighted by atomic mass is 10.2. The molecule has 0 radical (unpaired) electrons. The van der Waals surface area contributed by atoms with Crippen LogP contribution in [0, 0.1) is 10.8 Å². The minimum absolute atomic E-state index is 0.951. The van der Waals surface area contributed by atoms with E-state index >= 15 is 0 Å². The average molecular weight is 182 g/mol. The zero-order valence-electron chi connectivity index (χ0n) is 7.12. The Hall–Kier alpha value is -1.09. The molecule has 0 unspecified atom stereocenters. The molecular formula is C9H14N2S. The molecule has 0 atom stereocenters. The van der Waals surface area contributed by atoms with E-state index in [2.05, 4.69) is 19.3 Å². The van der Waals surface area contributed by atoms with Gasteiger partial charge < -0.3 is 10.8 Å². The summed E-state index contributed by atoms with van der Waals surface area (Å²) in [7, 11) is 0. The molecule has 1 aromatic carbocycles. The molecule has 0 aliphatic heterocycles.